The second kappa shape index (κ2) is 9.08. The molecule has 0 atom stereocenters. The van der Waals surface area contributed by atoms with Crippen LogP contribution in [0.2, 0.25) is 0 Å². The molecule has 0 fully saturated rings. The Labute approximate surface area is 178 Å². The molecule has 1 heterocycles. The van der Waals surface area contributed by atoms with E-state index >= 15 is 0 Å². The minimum Gasteiger partial charge on any atom is -0.494 e. The van der Waals surface area contributed by atoms with Crippen molar-refractivity contribution >= 4 is 22.7 Å². The van der Waals surface area contributed by atoms with Crippen molar-refractivity contribution in [3.05, 3.63) is 58.5 Å². The van der Waals surface area contributed by atoms with Crippen LogP contribution in [0.25, 0.3) is 22.2 Å². The highest BCUT2D eigenvalue weighted by Crippen LogP contribution is 2.29. The lowest BCUT2D eigenvalue weighted by molar-refractivity contribution is -0.154. The first-order chi connectivity index (χ1) is 15.0. The summed E-state index contributed by atoms with van der Waals surface area (Å²) in [5.74, 6) is -4.06. The van der Waals surface area contributed by atoms with Crippen molar-refractivity contribution in [1.29, 1.82) is 0 Å². The molecule has 0 aliphatic heterocycles. The molecule has 0 spiro atoms. The molecule has 168 valence electrons. The summed E-state index contributed by atoms with van der Waals surface area (Å²) in [4.78, 5) is 39.1. The number of carboxylic acid groups (broad SMARTS) is 2. The van der Waals surface area contributed by atoms with Gasteiger partial charge in [-0.2, -0.15) is 13.2 Å². The van der Waals surface area contributed by atoms with Gasteiger partial charge in [0, 0.05) is 11.6 Å². The van der Waals surface area contributed by atoms with Crippen LogP contribution in [0.15, 0.2) is 47.3 Å². The standard InChI is InChI=1S/C21H17F3N2O6/c22-21(23,24)16-10-17(27)26-18(25-16)13-4-3-12-9-14(6-5-11(12)8-13)32-7-1-2-15(19(28)29)20(30)31/h3-6,8-10,15H,1-2,7H2,(H,28,29)(H,30,31)(H,25,26,27). The Morgan fingerprint density at radius 1 is 1.03 bits per heavy atom. The number of alkyl halides is 3. The number of aliphatic carboxylic acids is 2. The van der Waals surface area contributed by atoms with Crippen LogP contribution in [0.3, 0.4) is 0 Å². The normalized spacial score (nSPS) is 11.6. The number of aromatic amines is 1. The molecule has 32 heavy (non-hydrogen) atoms. The zero-order chi connectivity index (χ0) is 23.5. The zero-order valence-electron chi connectivity index (χ0n) is 16.3. The predicted molar refractivity (Wildman–Crippen MR) is 106 cm³/mol. The summed E-state index contributed by atoms with van der Waals surface area (Å²) in [5, 5.41) is 19.1. The van der Waals surface area contributed by atoms with E-state index in [1.54, 1.807) is 30.3 Å². The summed E-state index contributed by atoms with van der Waals surface area (Å²) in [5.41, 5.74) is -1.91. The largest absolute Gasteiger partial charge is 0.494 e. The second-order valence-electron chi connectivity index (χ2n) is 6.92. The average molecular weight is 450 g/mol. The molecule has 0 bridgehead atoms. The number of nitrogens with zero attached hydrogens (tertiary/aromatic N) is 1. The number of aromatic nitrogens is 2. The third-order valence-corrected chi connectivity index (χ3v) is 4.62. The fourth-order valence-electron chi connectivity index (χ4n) is 3.03. The Morgan fingerprint density at radius 2 is 1.69 bits per heavy atom. The molecular weight excluding hydrogens is 433 g/mol. The van der Waals surface area contributed by atoms with Crippen molar-refractivity contribution < 1.29 is 37.7 Å². The van der Waals surface area contributed by atoms with E-state index < -0.39 is 35.3 Å². The van der Waals surface area contributed by atoms with Crippen molar-refractivity contribution in [2.24, 2.45) is 5.92 Å². The highest BCUT2D eigenvalue weighted by atomic mass is 19.4. The number of H-pyrrole nitrogens is 1. The number of halogens is 3. The molecule has 0 aliphatic rings. The Bertz CT molecular complexity index is 1210. The fourth-order valence-corrected chi connectivity index (χ4v) is 3.03. The lowest BCUT2D eigenvalue weighted by Gasteiger charge is -2.10. The van der Waals surface area contributed by atoms with Crippen LogP contribution in [0.4, 0.5) is 13.2 Å². The molecule has 3 N–H and O–H groups in total. The van der Waals surface area contributed by atoms with E-state index in [-0.39, 0.29) is 25.3 Å². The minimum absolute atomic E-state index is 0.0796. The molecular formula is C21H17F3N2O6. The molecule has 0 aliphatic carbocycles. The lowest BCUT2D eigenvalue weighted by atomic mass is 10.0. The SMILES string of the molecule is O=C(O)C(CCCOc1ccc2cc(-c3nc(C(F)(F)F)cc(=O)[nH]3)ccc2c1)C(=O)O. The Hall–Kier alpha value is -3.89. The third kappa shape index (κ3) is 5.42. The van der Waals surface area contributed by atoms with E-state index in [9.17, 15) is 27.6 Å². The number of rotatable bonds is 8. The van der Waals surface area contributed by atoms with Gasteiger partial charge in [-0.3, -0.25) is 14.4 Å². The van der Waals surface area contributed by atoms with Crippen LogP contribution < -0.4 is 10.3 Å². The lowest BCUT2D eigenvalue weighted by Crippen LogP contribution is -2.23. The highest BCUT2D eigenvalue weighted by Gasteiger charge is 2.33. The predicted octanol–water partition coefficient (Wildman–Crippen LogP) is 3.55. The molecule has 0 radical (unpaired) electrons. The average Bonchev–Trinajstić information content (AvgIpc) is 2.71. The molecule has 3 aromatic rings. The number of benzene rings is 2. The van der Waals surface area contributed by atoms with Gasteiger partial charge in [-0.1, -0.05) is 18.2 Å². The van der Waals surface area contributed by atoms with Gasteiger partial charge in [0.05, 0.1) is 6.61 Å². The van der Waals surface area contributed by atoms with Gasteiger partial charge in [-0.15, -0.1) is 0 Å². The van der Waals surface area contributed by atoms with Gasteiger partial charge in [-0.05, 0) is 41.8 Å². The molecule has 0 amide bonds. The number of ether oxygens (including phenoxy) is 1. The summed E-state index contributed by atoms with van der Waals surface area (Å²) >= 11 is 0. The minimum atomic E-state index is -4.75. The maximum Gasteiger partial charge on any atom is 0.433 e. The summed E-state index contributed by atoms with van der Waals surface area (Å²) in [6, 6.07) is 10.0. The van der Waals surface area contributed by atoms with Gasteiger partial charge >= 0.3 is 18.1 Å². The van der Waals surface area contributed by atoms with Crippen molar-refractivity contribution in [1.82, 2.24) is 9.97 Å². The van der Waals surface area contributed by atoms with Gasteiger partial charge in [0.15, 0.2) is 11.6 Å². The molecule has 0 saturated heterocycles. The molecule has 1 aromatic heterocycles. The molecule has 11 heteroatoms. The number of fused-ring (bicyclic) bond motifs is 1. The maximum atomic E-state index is 12.9. The first-order valence-electron chi connectivity index (χ1n) is 9.36. The van der Waals surface area contributed by atoms with Gasteiger partial charge in [0.25, 0.3) is 5.56 Å². The summed E-state index contributed by atoms with van der Waals surface area (Å²) in [6.45, 7) is 0.107. The molecule has 8 nitrogen and oxygen atoms in total. The number of carbonyl (C=O) groups is 2. The van der Waals surface area contributed by atoms with Crippen molar-refractivity contribution in [3.8, 4) is 17.1 Å². The van der Waals surface area contributed by atoms with Crippen LogP contribution in [-0.2, 0) is 15.8 Å². The van der Waals surface area contributed by atoms with E-state index in [1.807, 2.05) is 0 Å². The van der Waals surface area contributed by atoms with Crippen LogP contribution >= 0.6 is 0 Å². The number of hydrogen-bond acceptors (Lipinski definition) is 5. The van der Waals surface area contributed by atoms with E-state index in [0.29, 0.717) is 28.2 Å². The first-order valence-corrected chi connectivity index (χ1v) is 9.36. The highest BCUT2D eigenvalue weighted by molar-refractivity contribution is 5.92. The Morgan fingerprint density at radius 3 is 2.34 bits per heavy atom. The van der Waals surface area contributed by atoms with Crippen molar-refractivity contribution in [2.45, 2.75) is 19.0 Å². The van der Waals surface area contributed by atoms with Gasteiger partial charge in [0.1, 0.15) is 11.6 Å². The number of nitrogens with one attached hydrogen (secondary N) is 1. The molecule has 0 unspecified atom stereocenters. The quantitative estimate of drug-likeness (QED) is 0.353. The van der Waals surface area contributed by atoms with Crippen LogP contribution in [0.1, 0.15) is 18.5 Å². The van der Waals surface area contributed by atoms with E-state index in [1.165, 1.54) is 6.07 Å². The van der Waals surface area contributed by atoms with Crippen molar-refractivity contribution in [3.63, 3.8) is 0 Å². The fraction of sp³-hybridized carbons (Fsp3) is 0.238. The van der Waals surface area contributed by atoms with E-state index in [4.69, 9.17) is 14.9 Å². The van der Waals surface area contributed by atoms with E-state index in [0.717, 1.165) is 0 Å². The Kier molecular flexibility index (Phi) is 6.47. The summed E-state index contributed by atoms with van der Waals surface area (Å²) in [7, 11) is 0. The number of carboxylic acids is 2. The van der Waals surface area contributed by atoms with Crippen LogP contribution in [0.5, 0.6) is 5.75 Å². The molecule has 2 aromatic carbocycles. The van der Waals surface area contributed by atoms with Crippen LogP contribution in [-0.4, -0.2) is 38.7 Å². The maximum absolute atomic E-state index is 12.9. The van der Waals surface area contributed by atoms with Gasteiger partial charge < -0.3 is 19.9 Å². The second-order valence-corrected chi connectivity index (χ2v) is 6.92. The monoisotopic (exact) mass is 450 g/mol. The zero-order valence-corrected chi connectivity index (χ0v) is 16.3. The molecule has 3 rings (SSSR count). The molecule has 0 saturated carbocycles. The number of hydrogen-bond donors (Lipinski definition) is 3. The van der Waals surface area contributed by atoms with Gasteiger partial charge in [-0.25, -0.2) is 4.98 Å². The third-order valence-electron chi connectivity index (χ3n) is 4.62. The van der Waals surface area contributed by atoms with Crippen molar-refractivity contribution in [2.75, 3.05) is 6.61 Å². The van der Waals surface area contributed by atoms with Gasteiger partial charge in [0.2, 0.25) is 0 Å². The van der Waals surface area contributed by atoms with Crippen LogP contribution in [0, 0.1) is 5.92 Å². The Balaban J connectivity index is 1.74. The summed E-state index contributed by atoms with van der Waals surface area (Å²) in [6.07, 6.45) is -4.61. The van der Waals surface area contributed by atoms with E-state index in [2.05, 4.69) is 9.97 Å². The topological polar surface area (TPSA) is 130 Å². The smallest absolute Gasteiger partial charge is 0.433 e. The first kappa shape index (κ1) is 22.8. The summed E-state index contributed by atoms with van der Waals surface area (Å²) < 4.78 is 44.3.